The molecule has 2 aromatic carbocycles. The van der Waals surface area contributed by atoms with Crippen LogP contribution in [0.15, 0.2) is 42.5 Å². The minimum Gasteiger partial charge on any atom is -0.494 e. The maximum atomic E-state index is 13.6. The Morgan fingerprint density at radius 2 is 1.47 bits per heavy atom. The lowest BCUT2D eigenvalue weighted by Gasteiger charge is -2.23. The van der Waals surface area contributed by atoms with E-state index >= 15 is 0 Å². The van der Waals surface area contributed by atoms with Gasteiger partial charge in [-0.05, 0) is 57.5 Å². The normalized spacial score (nSPS) is 12.1. The van der Waals surface area contributed by atoms with Crippen molar-refractivity contribution in [2.24, 2.45) is 11.5 Å². The predicted octanol–water partition coefficient (Wildman–Crippen LogP) is 1.66. The number of anilines is 2. The molecule has 7 N–H and O–H groups in total. The number of hydrogen-bond donors (Lipinski definition) is 6. The molecular formula is C44H55N13O10S. The molecule has 0 spiro atoms. The summed E-state index contributed by atoms with van der Waals surface area (Å²) in [6.45, 7) is 6.22. The molecule has 68 heavy (non-hydrogen) atoms. The summed E-state index contributed by atoms with van der Waals surface area (Å²) in [4.78, 5) is 111. The summed E-state index contributed by atoms with van der Waals surface area (Å²) in [5.74, 6) is -2.31. The molecule has 3 aromatic heterocycles. The number of aryl methyl sites for hydroxylation is 2. The van der Waals surface area contributed by atoms with E-state index in [0.717, 1.165) is 0 Å². The average Bonchev–Trinajstić information content (AvgIpc) is 3.99. The van der Waals surface area contributed by atoms with Gasteiger partial charge in [-0.1, -0.05) is 12.2 Å². The maximum Gasteiger partial charge on any atom is 0.276 e. The van der Waals surface area contributed by atoms with Gasteiger partial charge in [-0.3, -0.25) is 48.9 Å². The highest BCUT2D eigenvalue weighted by Gasteiger charge is 2.24. The molecule has 7 amide bonds. The molecular weight excluding hydrogens is 903 g/mol. The zero-order valence-electron chi connectivity index (χ0n) is 38.5. The summed E-state index contributed by atoms with van der Waals surface area (Å²) in [6.07, 6.45) is 4.72. The van der Waals surface area contributed by atoms with Crippen LogP contribution in [0.1, 0.15) is 70.0 Å². The van der Waals surface area contributed by atoms with Gasteiger partial charge in [0.15, 0.2) is 0 Å². The summed E-state index contributed by atoms with van der Waals surface area (Å²) in [6, 6.07) is 6.68. The number of aldehydes is 1. The van der Waals surface area contributed by atoms with Gasteiger partial charge in [0.25, 0.3) is 5.91 Å². The van der Waals surface area contributed by atoms with E-state index < -0.39 is 34.9 Å². The van der Waals surface area contributed by atoms with Crippen molar-refractivity contribution < 1.29 is 47.8 Å². The summed E-state index contributed by atoms with van der Waals surface area (Å²) < 4.78 is 16.7. The Balaban J connectivity index is 1.32. The Morgan fingerprint density at radius 1 is 0.868 bits per heavy atom. The maximum absolute atomic E-state index is 13.6. The van der Waals surface area contributed by atoms with Crippen LogP contribution in [-0.4, -0.2) is 139 Å². The van der Waals surface area contributed by atoms with Crippen molar-refractivity contribution in [3.63, 3.8) is 0 Å². The van der Waals surface area contributed by atoms with E-state index in [9.17, 15) is 38.4 Å². The zero-order chi connectivity index (χ0) is 49.8. The summed E-state index contributed by atoms with van der Waals surface area (Å²) in [5.41, 5.74) is 14.0. The second kappa shape index (κ2) is 23.1. The Kier molecular flexibility index (Phi) is 17.4. The summed E-state index contributed by atoms with van der Waals surface area (Å²) >= 11 is 4.00. The molecule has 5 rings (SSSR count). The molecule has 0 aliphatic rings. The van der Waals surface area contributed by atoms with Crippen molar-refractivity contribution in [1.29, 1.82) is 0 Å². The van der Waals surface area contributed by atoms with Crippen LogP contribution in [0.25, 0.3) is 22.1 Å². The molecule has 2 atom stereocenters. The van der Waals surface area contributed by atoms with Crippen molar-refractivity contribution in [2.75, 3.05) is 51.5 Å². The number of primary amides is 2. The Bertz CT molecular complexity index is 2760. The third-order valence-corrected chi connectivity index (χ3v) is 11.0. The second-order valence-electron chi connectivity index (χ2n) is 15.6. The van der Waals surface area contributed by atoms with Crippen LogP contribution in [0.2, 0.25) is 0 Å². The summed E-state index contributed by atoms with van der Waals surface area (Å²) in [7, 11) is 4.51. The minimum atomic E-state index is -0.875. The molecule has 23 nitrogen and oxygen atoms in total. The standard InChI is InChI=1S/C44H55N13O10S/c1-7-57-32(17-25(2)52-57)41(64)51-44-50-30-18-27(39(45)62)20-33(66-6)37(30)56(44)14-9-8-13-55-38-31(49-43(55)47-24-59)19-28(40(46)63)21-34(38)67-16-10-12-54(5)42(65)26(3)48-35(60)11-15-53(4)36(61)22-29(68)23-58/h8-9,17-21,23-24,26,29,68H,7,10-16,22H2,1-6H3,(H2,45,62)(H2,46,63)(H,48,60)(H,47,49,59)(H,50,51,64)/b9-8+. The van der Waals surface area contributed by atoms with Gasteiger partial charge >= 0.3 is 0 Å². The van der Waals surface area contributed by atoms with Crippen molar-refractivity contribution in [1.82, 2.24) is 44.0 Å². The van der Waals surface area contributed by atoms with Gasteiger partial charge < -0.3 is 50.0 Å². The number of allylic oxidation sites excluding steroid dienone is 2. The fraction of sp³-hybridized carbons (Fsp3) is 0.386. The number of carbonyl (C=O) groups excluding carboxylic acids is 8. The highest BCUT2D eigenvalue weighted by atomic mass is 32.1. The first-order valence-electron chi connectivity index (χ1n) is 21.4. The van der Waals surface area contributed by atoms with Crippen molar-refractivity contribution >= 4 is 94.7 Å². The quantitative estimate of drug-likeness (QED) is 0.0210. The van der Waals surface area contributed by atoms with Crippen molar-refractivity contribution in [2.45, 2.75) is 71.0 Å². The van der Waals surface area contributed by atoms with Crippen LogP contribution < -0.4 is 36.9 Å². The van der Waals surface area contributed by atoms with Crippen LogP contribution in [-0.2, 0) is 43.6 Å². The monoisotopic (exact) mass is 957 g/mol. The molecule has 0 saturated heterocycles. The van der Waals surface area contributed by atoms with E-state index in [0.29, 0.717) is 53.6 Å². The number of hydrogen-bond acceptors (Lipinski definition) is 14. The van der Waals surface area contributed by atoms with E-state index in [2.05, 4.69) is 43.6 Å². The molecule has 0 fully saturated rings. The van der Waals surface area contributed by atoms with Crippen LogP contribution >= 0.6 is 12.6 Å². The minimum absolute atomic E-state index is 0.0593. The number of likely N-dealkylation sites (N-methyl/N-ethyl adjacent to an activating group) is 1. The van der Waals surface area contributed by atoms with E-state index in [-0.39, 0.29) is 97.5 Å². The second-order valence-corrected chi connectivity index (χ2v) is 16.3. The van der Waals surface area contributed by atoms with Gasteiger partial charge in [0.2, 0.25) is 47.8 Å². The zero-order valence-corrected chi connectivity index (χ0v) is 39.4. The van der Waals surface area contributed by atoms with Gasteiger partial charge in [0.1, 0.15) is 40.6 Å². The van der Waals surface area contributed by atoms with E-state index in [1.54, 1.807) is 52.9 Å². The van der Waals surface area contributed by atoms with Crippen LogP contribution in [0.3, 0.4) is 0 Å². The van der Waals surface area contributed by atoms with E-state index in [1.807, 2.05) is 6.92 Å². The molecule has 362 valence electrons. The lowest BCUT2D eigenvalue weighted by molar-refractivity contribution is -0.135. The van der Waals surface area contributed by atoms with Crippen molar-refractivity contribution in [3.8, 4) is 11.5 Å². The number of amides is 7. The number of carbonyl (C=O) groups is 8. The smallest absolute Gasteiger partial charge is 0.276 e. The lowest BCUT2D eigenvalue weighted by Crippen LogP contribution is -2.46. The molecule has 0 aliphatic carbocycles. The van der Waals surface area contributed by atoms with E-state index in [1.165, 1.54) is 48.2 Å². The van der Waals surface area contributed by atoms with Gasteiger partial charge in [0, 0.05) is 70.8 Å². The number of nitrogens with two attached hydrogens (primary N) is 2. The molecule has 24 heteroatoms. The molecule has 5 aromatic rings. The Hall–Kier alpha value is -7.76. The number of fused-ring (bicyclic) bond motifs is 2. The number of nitrogens with one attached hydrogen (secondary N) is 3. The fourth-order valence-corrected chi connectivity index (χ4v) is 7.35. The average molecular weight is 958 g/mol. The first kappa shape index (κ1) is 51.2. The molecule has 0 saturated carbocycles. The van der Waals surface area contributed by atoms with Crippen LogP contribution in [0, 0.1) is 6.92 Å². The largest absolute Gasteiger partial charge is 0.494 e. The van der Waals surface area contributed by atoms with Gasteiger partial charge in [-0.2, -0.15) is 17.7 Å². The first-order chi connectivity index (χ1) is 32.4. The number of rotatable bonds is 25. The first-order valence-corrected chi connectivity index (χ1v) is 21.9. The number of ether oxygens (including phenoxy) is 2. The number of benzene rings is 2. The Morgan fingerprint density at radius 3 is 2.06 bits per heavy atom. The number of imidazole rings is 2. The number of nitrogens with zero attached hydrogens (tertiary/aromatic N) is 8. The Labute approximate surface area is 395 Å². The molecule has 0 bridgehead atoms. The fourth-order valence-electron chi connectivity index (χ4n) is 7.20. The van der Waals surface area contributed by atoms with Gasteiger partial charge in [-0.25, -0.2) is 9.97 Å². The summed E-state index contributed by atoms with van der Waals surface area (Å²) in [5, 5.41) is 11.7. The number of thiol groups is 1. The highest BCUT2D eigenvalue weighted by Crippen LogP contribution is 2.33. The molecule has 0 radical (unpaired) electrons. The molecule has 2 unspecified atom stereocenters. The van der Waals surface area contributed by atoms with Crippen LogP contribution in [0.4, 0.5) is 11.9 Å². The molecule has 0 aliphatic heterocycles. The van der Waals surface area contributed by atoms with Gasteiger partial charge in [0.05, 0.1) is 35.7 Å². The predicted molar refractivity (Wildman–Crippen MR) is 254 cm³/mol. The number of aromatic nitrogens is 6. The third kappa shape index (κ3) is 12.4. The molecule has 3 heterocycles. The van der Waals surface area contributed by atoms with Crippen molar-refractivity contribution in [3.05, 3.63) is 65.0 Å². The lowest BCUT2D eigenvalue weighted by atomic mass is 10.1. The third-order valence-electron chi connectivity index (χ3n) is 10.7. The number of methoxy groups -OCH3 is 1. The highest BCUT2D eigenvalue weighted by molar-refractivity contribution is 7.81. The SMILES string of the molecule is CCn1nc(C)cc1C(=O)Nc1nc2cc(C(N)=O)cc(OC)c2n1C/C=C/Cn1c(NC=O)nc2cc(C(N)=O)cc(OCCCN(C)C(=O)C(C)NC(=O)CCN(C)C(=O)CC(S)C=O)c21. The van der Waals surface area contributed by atoms with Gasteiger partial charge in [-0.15, -0.1) is 0 Å². The van der Waals surface area contributed by atoms with Crippen LogP contribution in [0.5, 0.6) is 11.5 Å². The topological polar surface area (TPSA) is 303 Å². The van der Waals surface area contributed by atoms with E-state index in [4.69, 9.17) is 20.9 Å².